The zero-order valence-electron chi connectivity index (χ0n) is 13.4. The molecule has 0 radical (unpaired) electrons. The lowest BCUT2D eigenvalue weighted by Gasteiger charge is -2.53. The van der Waals surface area contributed by atoms with Gasteiger partial charge in [-0.1, -0.05) is 12.1 Å². The summed E-state index contributed by atoms with van der Waals surface area (Å²) in [6.45, 7) is 3.28. The second-order valence-corrected chi connectivity index (χ2v) is 6.58. The minimum atomic E-state index is -0.196. The van der Waals surface area contributed by atoms with E-state index in [9.17, 15) is 4.39 Å². The Morgan fingerprint density at radius 1 is 1.25 bits per heavy atom. The molecule has 2 aliphatic rings. The van der Waals surface area contributed by atoms with E-state index in [2.05, 4.69) is 14.9 Å². The zero-order chi connectivity index (χ0) is 16.4. The van der Waals surface area contributed by atoms with Crippen molar-refractivity contribution in [3.63, 3.8) is 0 Å². The number of halogens is 1. The van der Waals surface area contributed by atoms with Crippen LogP contribution in [0.25, 0.3) is 0 Å². The van der Waals surface area contributed by atoms with Crippen molar-refractivity contribution in [3.05, 3.63) is 54.2 Å². The summed E-state index contributed by atoms with van der Waals surface area (Å²) in [5, 5.41) is 0. The first kappa shape index (κ1) is 15.5. The highest BCUT2D eigenvalue weighted by atomic mass is 19.1. The highest BCUT2D eigenvalue weighted by molar-refractivity contribution is 5.17. The number of hydrogen-bond acceptors (Lipinski definition) is 5. The summed E-state index contributed by atoms with van der Waals surface area (Å²) in [6.07, 6.45) is 6.77. The molecule has 2 fully saturated rings. The normalized spacial score (nSPS) is 23.0. The standard InChI is InChI=1S/C18H20FN3O2/c19-15-3-1-14(2-4-15)11-22-12-18(13-22)9-16(5-8-23-18)24-17-10-20-6-7-21-17/h1-4,6-7,10,16H,5,8-9,11-13H2/t16-/m1/s1. The third-order valence-corrected chi connectivity index (χ3v) is 4.62. The van der Waals surface area contributed by atoms with Gasteiger partial charge >= 0.3 is 0 Å². The van der Waals surface area contributed by atoms with Crippen molar-refractivity contribution in [2.24, 2.45) is 0 Å². The number of rotatable bonds is 4. The zero-order valence-corrected chi connectivity index (χ0v) is 13.4. The molecule has 1 atom stereocenters. The molecule has 2 aromatic rings. The van der Waals surface area contributed by atoms with E-state index >= 15 is 0 Å². The first-order valence-electron chi connectivity index (χ1n) is 8.24. The fraction of sp³-hybridized carbons (Fsp3) is 0.444. The van der Waals surface area contributed by atoms with Crippen LogP contribution in [0.1, 0.15) is 18.4 Å². The van der Waals surface area contributed by atoms with Crippen LogP contribution in [0, 0.1) is 5.82 Å². The SMILES string of the molecule is Fc1ccc(CN2CC3(C[C@H](Oc4cnccn4)CCO3)C2)cc1. The van der Waals surface area contributed by atoms with Gasteiger partial charge in [0.25, 0.3) is 0 Å². The van der Waals surface area contributed by atoms with Crippen LogP contribution >= 0.6 is 0 Å². The van der Waals surface area contributed by atoms with E-state index in [0.29, 0.717) is 12.5 Å². The van der Waals surface area contributed by atoms with Crippen molar-refractivity contribution in [2.75, 3.05) is 19.7 Å². The van der Waals surface area contributed by atoms with Crippen LogP contribution < -0.4 is 4.74 Å². The summed E-state index contributed by atoms with van der Waals surface area (Å²) in [6, 6.07) is 6.68. The molecule has 24 heavy (non-hydrogen) atoms. The molecule has 0 unspecified atom stereocenters. The van der Waals surface area contributed by atoms with E-state index < -0.39 is 0 Å². The Hall–Kier alpha value is -2.05. The topological polar surface area (TPSA) is 47.5 Å². The average Bonchev–Trinajstić information content (AvgIpc) is 2.57. The number of hydrogen-bond donors (Lipinski definition) is 0. The van der Waals surface area contributed by atoms with Gasteiger partial charge < -0.3 is 9.47 Å². The Morgan fingerprint density at radius 3 is 2.83 bits per heavy atom. The van der Waals surface area contributed by atoms with Gasteiger partial charge in [0, 0.05) is 44.9 Å². The predicted octanol–water partition coefficient (Wildman–Crippen LogP) is 2.43. The monoisotopic (exact) mass is 329 g/mol. The summed E-state index contributed by atoms with van der Waals surface area (Å²) in [5.74, 6) is 0.375. The highest BCUT2D eigenvalue weighted by Crippen LogP contribution is 2.36. The second-order valence-electron chi connectivity index (χ2n) is 6.58. The van der Waals surface area contributed by atoms with E-state index in [4.69, 9.17) is 9.47 Å². The van der Waals surface area contributed by atoms with Crippen LogP contribution in [0.3, 0.4) is 0 Å². The molecule has 2 aliphatic heterocycles. The van der Waals surface area contributed by atoms with Crippen LogP contribution in [-0.2, 0) is 11.3 Å². The van der Waals surface area contributed by atoms with Crippen LogP contribution in [0.2, 0.25) is 0 Å². The van der Waals surface area contributed by atoms with Gasteiger partial charge in [0.15, 0.2) is 0 Å². The maximum absolute atomic E-state index is 13.0. The number of benzene rings is 1. The molecule has 6 heteroatoms. The predicted molar refractivity (Wildman–Crippen MR) is 86.0 cm³/mol. The summed E-state index contributed by atoms with van der Waals surface area (Å²) in [7, 11) is 0. The number of likely N-dealkylation sites (tertiary alicyclic amines) is 1. The van der Waals surface area contributed by atoms with Crippen LogP contribution in [0.5, 0.6) is 5.88 Å². The van der Waals surface area contributed by atoms with E-state index in [1.165, 1.54) is 12.1 Å². The molecule has 126 valence electrons. The molecular formula is C18H20FN3O2. The van der Waals surface area contributed by atoms with E-state index in [1.54, 1.807) is 18.6 Å². The van der Waals surface area contributed by atoms with E-state index in [-0.39, 0.29) is 17.5 Å². The van der Waals surface area contributed by atoms with Crippen LogP contribution in [0.4, 0.5) is 4.39 Å². The highest BCUT2D eigenvalue weighted by Gasteiger charge is 2.48. The van der Waals surface area contributed by atoms with Crippen molar-refractivity contribution >= 4 is 0 Å². The Balaban J connectivity index is 1.31. The molecule has 2 saturated heterocycles. The van der Waals surface area contributed by atoms with Gasteiger partial charge in [-0.15, -0.1) is 0 Å². The molecule has 1 spiro atoms. The fourth-order valence-electron chi connectivity index (χ4n) is 3.55. The van der Waals surface area contributed by atoms with Gasteiger partial charge in [0.2, 0.25) is 5.88 Å². The van der Waals surface area contributed by atoms with Crippen molar-refractivity contribution < 1.29 is 13.9 Å². The summed E-state index contributed by atoms with van der Waals surface area (Å²) < 4.78 is 24.9. The molecule has 0 amide bonds. The summed E-state index contributed by atoms with van der Waals surface area (Å²) in [4.78, 5) is 10.5. The van der Waals surface area contributed by atoms with E-state index in [0.717, 1.165) is 38.0 Å². The molecule has 3 heterocycles. The molecule has 0 N–H and O–H groups in total. The van der Waals surface area contributed by atoms with Crippen molar-refractivity contribution in [2.45, 2.75) is 31.1 Å². The van der Waals surface area contributed by atoms with Crippen molar-refractivity contribution in [1.82, 2.24) is 14.9 Å². The number of ether oxygens (including phenoxy) is 2. The number of nitrogens with zero attached hydrogens (tertiary/aromatic N) is 3. The van der Waals surface area contributed by atoms with Gasteiger partial charge in [-0.2, -0.15) is 0 Å². The lowest BCUT2D eigenvalue weighted by atomic mass is 9.84. The molecule has 0 aliphatic carbocycles. The van der Waals surface area contributed by atoms with Gasteiger partial charge in [0.1, 0.15) is 11.9 Å². The smallest absolute Gasteiger partial charge is 0.232 e. The van der Waals surface area contributed by atoms with Crippen LogP contribution in [0.15, 0.2) is 42.9 Å². The van der Waals surface area contributed by atoms with Gasteiger partial charge in [-0.25, -0.2) is 9.37 Å². The number of aromatic nitrogens is 2. The van der Waals surface area contributed by atoms with Gasteiger partial charge in [-0.05, 0) is 17.7 Å². The molecule has 1 aromatic carbocycles. The molecule has 0 bridgehead atoms. The van der Waals surface area contributed by atoms with Crippen molar-refractivity contribution in [1.29, 1.82) is 0 Å². The maximum atomic E-state index is 13.0. The fourth-order valence-corrected chi connectivity index (χ4v) is 3.55. The lowest BCUT2D eigenvalue weighted by molar-refractivity contribution is -0.188. The second kappa shape index (κ2) is 6.45. The Labute approximate surface area is 140 Å². The molecule has 1 aromatic heterocycles. The molecule has 4 rings (SSSR count). The quantitative estimate of drug-likeness (QED) is 0.862. The Morgan fingerprint density at radius 2 is 2.08 bits per heavy atom. The van der Waals surface area contributed by atoms with Gasteiger partial charge in [-0.3, -0.25) is 9.88 Å². The summed E-state index contributed by atoms with van der Waals surface area (Å²) in [5.41, 5.74) is 1.000. The molecule has 0 saturated carbocycles. The van der Waals surface area contributed by atoms with Gasteiger partial charge in [0.05, 0.1) is 18.4 Å². The minimum Gasteiger partial charge on any atom is -0.473 e. The third-order valence-electron chi connectivity index (χ3n) is 4.62. The first-order chi connectivity index (χ1) is 11.7. The van der Waals surface area contributed by atoms with E-state index in [1.807, 2.05) is 12.1 Å². The largest absolute Gasteiger partial charge is 0.473 e. The summed E-state index contributed by atoms with van der Waals surface area (Å²) >= 11 is 0. The maximum Gasteiger partial charge on any atom is 0.232 e. The first-order valence-corrected chi connectivity index (χ1v) is 8.24. The Kier molecular flexibility index (Phi) is 4.16. The lowest BCUT2D eigenvalue weighted by Crippen LogP contribution is -2.65. The average molecular weight is 329 g/mol. The third kappa shape index (κ3) is 3.39. The Bertz CT molecular complexity index is 674. The minimum absolute atomic E-state index is 0.114. The van der Waals surface area contributed by atoms with Crippen molar-refractivity contribution in [3.8, 4) is 5.88 Å². The molecule has 5 nitrogen and oxygen atoms in total. The molecular weight excluding hydrogens is 309 g/mol. The van der Waals surface area contributed by atoms with Crippen LogP contribution in [-0.4, -0.2) is 46.3 Å².